The largest absolute Gasteiger partial charge is 0.313 e. The van der Waals surface area contributed by atoms with E-state index < -0.39 is 0 Å². The Kier molecular flexibility index (Phi) is 6.14. The van der Waals surface area contributed by atoms with Crippen LogP contribution in [0.2, 0.25) is 0 Å². The van der Waals surface area contributed by atoms with Crippen molar-refractivity contribution in [2.75, 3.05) is 6.54 Å². The van der Waals surface area contributed by atoms with E-state index in [0.717, 1.165) is 25.8 Å². The van der Waals surface area contributed by atoms with Crippen LogP contribution in [0.5, 0.6) is 0 Å². The van der Waals surface area contributed by atoms with Crippen LogP contribution in [0.4, 0.5) is 0 Å². The third-order valence-corrected chi connectivity index (χ3v) is 4.13. The molecule has 100 valence electrons. The number of hydrogen-bond donors (Lipinski definition) is 1. The minimum absolute atomic E-state index is 0.214. The molecule has 1 aromatic carbocycles. The highest BCUT2D eigenvalue weighted by atomic mass is 14.9. The van der Waals surface area contributed by atoms with Gasteiger partial charge in [0.2, 0.25) is 0 Å². The average Bonchev–Trinajstić information content (AvgIpc) is 2.42. The summed E-state index contributed by atoms with van der Waals surface area (Å²) in [5, 5.41) is 3.65. The van der Waals surface area contributed by atoms with Crippen LogP contribution >= 0.6 is 0 Å². The molecule has 1 N–H and O–H groups in total. The fourth-order valence-corrected chi connectivity index (χ4v) is 3.04. The van der Waals surface area contributed by atoms with Crippen molar-refractivity contribution in [1.29, 1.82) is 0 Å². The molecule has 0 heterocycles. The van der Waals surface area contributed by atoms with Crippen molar-refractivity contribution in [3.8, 4) is 0 Å². The first-order valence-corrected chi connectivity index (χ1v) is 7.14. The SMILES string of the molecule is C=CCC(NCC)C(CC)(CC)c1ccccc1. The van der Waals surface area contributed by atoms with Crippen LogP contribution in [0.3, 0.4) is 0 Å². The monoisotopic (exact) mass is 245 g/mol. The molecule has 0 radical (unpaired) electrons. The summed E-state index contributed by atoms with van der Waals surface area (Å²) >= 11 is 0. The summed E-state index contributed by atoms with van der Waals surface area (Å²) in [4.78, 5) is 0. The third-order valence-electron chi connectivity index (χ3n) is 4.13. The quantitative estimate of drug-likeness (QED) is 0.673. The summed E-state index contributed by atoms with van der Waals surface area (Å²) in [6, 6.07) is 11.4. The van der Waals surface area contributed by atoms with Gasteiger partial charge in [-0.05, 0) is 31.4 Å². The number of rotatable bonds is 8. The van der Waals surface area contributed by atoms with Gasteiger partial charge in [-0.15, -0.1) is 6.58 Å². The van der Waals surface area contributed by atoms with Gasteiger partial charge in [-0.3, -0.25) is 0 Å². The van der Waals surface area contributed by atoms with E-state index in [9.17, 15) is 0 Å². The van der Waals surface area contributed by atoms with E-state index in [-0.39, 0.29) is 5.41 Å². The zero-order valence-electron chi connectivity index (χ0n) is 12.1. The Labute approximate surface area is 112 Å². The molecule has 0 saturated carbocycles. The number of likely N-dealkylation sites (N-methyl/N-ethyl adjacent to an activating group) is 1. The Morgan fingerprint density at radius 3 is 2.22 bits per heavy atom. The third kappa shape index (κ3) is 3.02. The standard InChI is InChI=1S/C17H27N/c1-5-12-16(18-8-4)17(6-2,7-3)15-13-10-9-11-14-15/h5,9-11,13-14,16,18H,1,6-8,12H2,2-4H3. The lowest BCUT2D eigenvalue weighted by Gasteiger charge is -2.40. The average molecular weight is 245 g/mol. The highest BCUT2D eigenvalue weighted by molar-refractivity contribution is 5.28. The molecule has 1 unspecified atom stereocenters. The Balaban J connectivity index is 3.15. The molecule has 0 aliphatic heterocycles. The maximum absolute atomic E-state index is 3.92. The maximum Gasteiger partial charge on any atom is 0.0198 e. The topological polar surface area (TPSA) is 12.0 Å². The van der Waals surface area contributed by atoms with Gasteiger partial charge in [-0.25, -0.2) is 0 Å². The van der Waals surface area contributed by atoms with E-state index >= 15 is 0 Å². The van der Waals surface area contributed by atoms with E-state index in [2.05, 4.69) is 63.0 Å². The highest BCUT2D eigenvalue weighted by Gasteiger charge is 2.35. The van der Waals surface area contributed by atoms with Gasteiger partial charge < -0.3 is 5.32 Å². The van der Waals surface area contributed by atoms with Crippen molar-refractivity contribution >= 4 is 0 Å². The van der Waals surface area contributed by atoms with Crippen LogP contribution in [-0.2, 0) is 5.41 Å². The summed E-state index contributed by atoms with van der Waals surface area (Å²) in [5.74, 6) is 0. The molecule has 0 aromatic heterocycles. The lowest BCUT2D eigenvalue weighted by molar-refractivity contribution is 0.275. The molecule has 0 amide bonds. The molecule has 1 nitrogen and oxygen atoms in total. The van der Waals surface area contributed by atoms with Crippen molar-refractivity contribution in [2.24, 2.45) is 0 Å². The Morgan fingerprint density at radius 2 is 1.78 bits per heavy atom. The smallest absolute Gasteiger partial charge is 0.0198 e. The van der Waals surface area contributed by atoms with E-state index in [0.29, 0.717) is 6.04 Å². The van der Waals surface area contributed by atoms with Crippen molar-refractivity contribution in [3.05, 3.63) is 48.6 Å². The van der Waals surface area contributed by atoms with Gasteiger partial charge in [-0.1, -0.05) is 57.2 Å². The van der Waals surface area contributed by atoms with Crippen LogP contribution in [0, 0.1) is 0 Å². The second-order valence-electron chi connectivity index (χ2n) is 4.86. The number of nitrogens with one attached hydrogen (secondary N) is 1. The lowest BCUT2D eigenvalue weighted by Crippen LogP contribution is -2.47. The van der Waals surface area contributed by atoms with Crippen LogP contribution < -0.4 is 5.32 Å². The van der Waals surface area contributed by atoms with E-state index in [1.165, 1.54) is 5.56 Å². The minimum Gasteiger partial charge on any atom is -0.313 e. The van der Waals surface area contributed by atoms with E-state index in [1.54, 1.807) is 0 Å². The van der Waals surface area contributed by atoms with Gasteiger partial charge in [0.15, 0.2) is 0 Å². The van der Waals surface area contributed by atoms with Gasteiger partial charge in [0.1, 0.15) is 0 Å². The molecule has 0 spiro atoms. The lowest BCUT2D eigenvalue weighted by atomic mass is 9.69. The molecule has 0 aliphatic rings. The van der Waals surface area contributed by atoms with Gasteiger partial charge in [0.25, 0.3) is 0 Å². The minimum atomic E-state index is 0.214. The summed E-state index contributed by atoms with van der Waals surface area (Å²) in [6.07, 6.45) is 5.36. The van der Waals surface area contributed by atoms with Crippen molar-refractivity contribution in [1.82, 2.24) is 5.32 Å². The fourth-order valence-electron chi connectivity index (χ4n) is 3.04. The molecule has 0 aliphatic carbocycles. The Morgan fingerprint density at radius 1 is 1.17 bits per heavy atom. The maximum atomic E-state index is 3.92. The van der Waals surface area contributed by atoms with Crippen molar-refractivity contribution in [2.45, 2.75) is 51.5 Å². The molecule has 1 rings (SSSR count). The highest BCUT2D eigenvalue weighted by Crippen LogP contribution is 2.36. The molecule has 0 bridgehead atoms. The summed E-state index contributed by atoms with van der Waals surface area (Å²) in [5.41, 5.74) is 1.66. The second-order valence-corrected chi connectivity index (χ2v) is 4.86. The van der Waals surface area contributed by atoms with Gasteiger partial charge in [0.05, 0.1) is 0 Å². The molecule has 18 heavy (non-hydrogen) atoms. The molecule has 1 aromatic rings. The molecular weight excluding hydrogens is 218 g/mol. The second kappa shape index (κ2) is 7.38. The van der Waals surface area contributed by atoms with E-state index in [1.807, 2.05) is 6.08 Å². The van der Waals surface area contributed by atoms with Gasteiger partial charge in [0, 0.05) is 11.5 Å². The molecule has 0 fully saturated rings. The molecule has 1 atom stereocenters. The van der Waals surface area contributed by atoms with Crippen LogP contribution in [0.25, 0.3) is 0 Å². The van der Waals surface area contributed by atoms with Gasteiger partial charge in [-0.2, -0.15) is 0 Å². The van der Waals surface area contributed by atoms with Crippen molar-refractivity contribution < 1.29 is 0 Å². The first kappa shape index (κ1) is 15.0. The first-order valence-electron chi connectivity index (χ1n) is 7.14. The van der Waals surface area contributed by atoms with Crippen molar-refractivity contribution in [3.63, 3.8) is 0 Å². The predicted molar refractivity (Wildman–Crippen MR) is 81.0 cm³/mol. The zero-order chi connectivity index (χ0) is 13.4. The predicted octanol–water partition coefficient (Wildman–Crippen LogP) is 4.30. The number of hydrogen-bond acceptors (Lipinski definition) is 1. The Hall–Kier alpha value is -1.08. The van der Waals surface area contributed by atoms with E-state index in [4.69, 9.17) is 0 Å². The molecular formula is C17H27N. The fraction of sp³-hybridized carbons (Fsp3) is 0.529. The van der Waals surface area contributed by atoms with Crippen LogP contribution in [0.15, 0.2) is 43.0 Å². The van der Waals surface area contributed by atoms with Gasteiger partial charge >= 0.3 is 0 Å². The zero-order valence-corrected chi connectivity index (χ0v) is 12.1. The normalized spacial score (nSPS) is 13.3. The Bertz CT molecular complexity index is 338. The molecule has 1 heteroatoms. The summed E-state index contributed by atoms with van der Waals surface area (Å²) in [7, 11) is 0. The molecule has 0 saturated heterocycles. The summed E-state index contributed by atoms with van der Waals surface area (Å²) in [6.45, 7) is 11.7. The number of benzene rings is 1. The van der Waals surface area contributed by atoms with Crippen LogP contribution in [0.1, 0.15) is 45.6 Å². The van der Waals surface area contributed by atoms with Crippen LogP contribution in [-0.4, -0.2) is 12.6 Å². The first-order chi connectivity index (χ1) is 8.75. The summed E-state index contributed by atoms with van der Waals surface area (Å²) < 4.78 is 0.